The van der Waals surface area contributed by atoms with Gasteiger partial charge in [0.15, 0.2) is 0 Å². The number of carbonyl (C=O) groups is 2. The summed E-state index contributed by atoms with van der Waals surface area (Å²) in [4.78, 5) is 26.0. The minimum atomic E-state index is -0.966. The van der Waals surface area contributed by atoms with Gasteiger partial charge in [-0.05, 0) is 42.2 Å². The van der Waals surface area contributed by atoms with E-state index >= 15 is 0 Å². The van der Waals surface area contributed by atoms with Crippen LogP contribution in [0.2, 0.25) is 0 Å². The number of aliphatic carboxylic acids is 1. The fraction of sp³-hybridized carbons (Fsp3) is 0.250. The zero-order valence-corrected chi connectivity index (χ0v) is 19.6. The Kier molecular flexibility index (Phi) is 7.15. The second-order valence-electron chi connectivity index (χ2n) is 8.96. The first-order chi connectivity index (χ1) is 16.8. The number of benzene rings is 3. The molecule has 1 aliphatic heterocycles. The maximum absolute atomic E-state index is 13.0. The molecule has 0 radical (unpaired) electrons. The van der Waals surface area contributed by atoms with Crippen molar-refractivity contribution in [3.8, 4) is 16.9 Å². The van der Waals surface area contributed by atoms with Gasteiger partial charge in [0.1, 0.15) is 18.2 Å². The number of hydrogen-bond acceptors (Lipinski definition) is 4. The Morgan fingerprint density at radius 3 is 2.20 bits per heavy atom. The van der Waals surface area contributed by atoms with Gasteiger partial charge in [-0.1, -0.05) is 66.2 Å². The summed E-state index contributed by atoms with van der Waals surface area (Å²) in [5, 5.41) is 16.7. The first kappa shape index (κ1) is 24.0. The summed E-state index contributed by atoms with van der Waals surface area (Å²) >= 11 is 0. The highest BCUT2D eigenvalue weighted by atomic mass is 16.5. The number of rotatable bonds is 9. The second kappa shape index (κ2) is 10.4. The number of nitrogens with one attached hydrogen (secondary N) is 1. The van der Waals surface area contributed by atoms with Crippen molar-refractivity contribution in [3.63, 3.8) is 0 Å². The van der Waals surface area contributed by atoms with Crippen LogP contribution < -0.4 is 10.5 Å². The van der Waals surface area contributed by atoms with Gasteiger partial charge in [0.2, 0.25) is 5.91 Å². The largest absolute Gasteiger partial charge is 0.491 e. The number of ether oxygens (including phenoxy) is 1. The molecule has 0 bridgehead atoms. The number of carboxylic acids is 1. The van der Waals surface area contributed by atoms with E-state index in [1.165, 1.54) is 0 Å². The smallest absolute Gasteiger partial charge is 0.304 e. The van der Waals surface area contributed by atoms with Gasteiger partial charge in [0, 0.05) is 12.1 Å². The number of carbonyl (C=O) groups excluding carboxylic acids is 1. The van der Waals surface area contributed by atoms with Gasteiger partial charge in [-0.15, -0.1) is 0 Å². The molecular formula is C28H29N3O4. The van der Waals surface area contributed by atoms with Gasteiger partial charge >= 0.3 is 5.97 Å². The summed E-state index contributed by atoms with van der Waals surface area (Å²) in [6.45, 7) is 2.73. The number of nitrogen functional groups attached to an aromatic ring is 1. The van der Waals surface area contributed by atoms with Gasteiger partial charge in [-0.25, -0.2) is 0 Å². The summed E-state index contributed by atoms with van der Waals surface area (Å²) in [5.74, 6) is -0.920. The molecule has 35 heavy (non-hydrogen) atoms. The number of amides is 1. The van der Waals surface area contributed by atoms with Gasteiger partial charge in [-0.2, -0.15) is 0 Å². The number of carboxylic acid groups (broad SMARTS) is 1. The monoisotopic (exact) mass is 471 g/mol. The zero-order chi connectivity index (χ0) is 24.9. The van der Waals surface area contributed by atoms with Crippen LogP contribution in [0.25, 0.3) is 11.1 Å². The predicted molar refractivity (Wildman–Crippen MR) is 134 cm³/mol. The highest BCUT2D eigenvalue weighted by Crippen LogP contribution is 2.30. The van der Waals surface area contributed by atoms with E-state index < -0.39 is 11.9 Å². The Morgan fingerprint density at radius 1 is 1.03 bits per heavy atom. The van der Waals surface area contributed by atoms with Crippen molar-refractivity contribution in [2.45, 2.75) is 32.4 Å². The van der Waals surface area contributed by atoms with E-state index in [1.807, 2.05) is 79.7 Å². The fourth-order valence-corrected chi connectivity index (χ4v) is 4.39. The van der Waals surface area contributed by atoms with Crippen LogP contribution in [0.3, 0.4) is 0 Å². The van der Waals surface area contributed by atoms with Crippen LogP contribution in [0.15, 0.2) is 72.8 Å². The highest BCUT2D eigenvalue weighted by molar-refractivity contribution is 5.95. The molecule has 3 aromatic rings. The van der Waals surface area contributed by atoms with Gasteiger partial charge in [0.25, 0.3) is 0 Å². The summed E-state index contributed by atoms with van der Waals surface area (Å²) in [6.07, 6.45) is 0.286. The minimum absolute atomic E-state index is 0.0349. The van der Waals surface area contributed by atoms with Crippen LogP contribution in [0, 0.1) is 18.3 Å². The summed E-state index contributed by atoms with van der Waals surface area (Å²) in [7, 11) is 0. The Morgan fingerprint density at radius 2 is 1.63 bits per heavy atom. The molecular weight excluding hydrogens is 442 g/mol. The highest BCUT2D eigenvalue weighted by Gasteiger charge is 2.40. The Labute approximate surface area is 204 Å². The predicted octanol–water partition coefficient (Wildman–Crippen LogP) is 4.22. The third-order valence-electron chi connectivity index (χ3n) is 6.35. The fourth-order valence-electron chi connectivity index (χ4n) is 4.39. The zero-order valence-electron chi connectivity index (χ0n) is 19.6. The topological polar surface area (TPSA) is 117 Å². The molecule has 4 rings (SSSR count). The van der Waals surface area contributed by atoms with E-state index in [1.54, 1.807) is 4.90 Å². The molecule has 0 saturated carbocycles. The quantitative estimate of drug-likeness (QED) is 0.319. The molecule has 1 heterocycles. The van der Waals surface area contributed by atoms with E-state index in [0.717, 1.165) is 22.3 Å². The molecule has 0 unspecified atom stereocenters. The molecule has 180 valence electrons. The van der Waals surface area contributed by atoms with Gasteiger partial charge < -0.3 is 20.5 Å². The molecule has 0 aliphatic carbocycles. The van der Waals surface area contributed by atoms with Crippen LogP contribution in [0.1, 0.15) is 29.5 Å². The molecule has 2 atom stereocenters. The molecule has 0 spiro atoms. The van der Waals surface area contributed by atoms with Crippen molar-refractivity contribution >= 4 is 17.7 Å². The maximum atomic E-state index is 13.0. The number of nitrogens with zero attached hydrogens (tertiary/aromatic N) is 1. The third-order valence-corrected chi connectivity index (χ3v) is 6.35. The lowest BCUT2D eigenvalue weighted by Gasteiger charge is -2.25. The number of likely N-dealkylation sites (tertiary alicyclic amines) is 1. The standard InChI is InChI=1S/C28H29N3O4/c1-18-2-4-19(5-3-18)16-31-24(14-23(28(31)34)15-26(32)33)17-35-25-12-10-21(11-13-25)20-6-8-22(9-7-20)27(29)30/h2-13,23-24H,14-17H2,1H3,(H3,29,30)(H,32,33)/t23-,24-/m0/s1. The van der Waals surface area contributed by atoms with E-state index in [0.29, 0.717) is 30.9 Å². The Hall–Kier alpha value is -4.13. The average Bonchev–Trinajstić information content (AvgIpc) is 3.13. The van der Waals surface area contributed by atoms with Crippen molar-refractivity contribution in [3.05, 3.63) is 89.5 Å². The first-order valence-corrected chi connectivity index (χ1v) is 11.6. The molecule has 1 amide bonds. The lowest BCUT2D eigenvalue weighted by molar-refractivity contribution is -0.142. The molecule has 3 aromatic carbocycles. The lowest BCUT2D eigenvalue weighted by Crippen LogP contribution is -2.37. The summed E-state index contributed by atoms with van der Waals surface area (Å²) < 4.78 is 6.03. The van der Waals surface area contributed by atoms with Crippen molar-refractivity contribution < 1.29 is 19.4 Å². The van der Waals surface area contributed by atoms with Gasteiger partial charge in [0.05, 0.1) is 18.4 Å². The number of nitrogens with two attached hydrogens (primary N) is 1. The first-order valence-electron chi connectivity index (χ1n) is 11.6. The Bertz CT molecular complexity index is 1200. The van der Waals surface area contributed by atoms with Crippen LogP contribution in [-0.2, 0) is 16.1 Å². The molecule has 4 N–H and O–H groups in total. The second-order valence-corrected chi connectivity index (χ2v) is 8.96. The molecule has 7 heteroatoms. The number of aryl methyl sites for hydroxylation is 1. The lowest BCUT2D eigenvalue weighted by atomic mass is 10.0. The number of amidine groups is 1. The SMILES string of the molecule is Cc1ccc(CN2C(=O)[C@H](CC(=O)O)C[C@H]2COc2ccc(-c3ccc(C(=N)N)cc3)cc2)cc1. The van der Waals surface area contributed by atoms with Crippen molar-refractivity contribution in [2.24, 2.45) is 11.7 Å². The normalized spacial score (nSPS) is 17.4. The number of hydrogen-bond donors (Lipinski definition) is 3. The molecule has 0 aromatic heterocycles. The molecule has 1 aliphatic rings. The van der Waals surface area contributed by atoms with Crippen LogP contribution in [0.5, 0.6) is 5.75 Å². The average molecular weight is 472 g/mol. The maximum Gasteiger partial charge on any atom is 0.304 e. The van der Waals surface area contributed by atoms with E-state index in [-0.39, 0.29) is 24.2 Å². The molecule has 1 saturated heterocycles. The van der Waals surface area contributed by atoms with Crippen molar-refractivity contribution in [2.75, 3.05) is 6.61 Å². The van der Waals surface area contributed by atoms with Crippen LogP contribution in [-0.4, -0.2) is 40.4 Å². The van der Waals surface area contributed by atoms with Crippen molar-refractivity contribution in [1.82, 2.24) is 4.90 Å². The van der Waals surface area contributed by atoms with Gasteiger partial charge in [-0.3, -0.25) is 15.0 Å². The van der Waals surface area contributed by atoms with Crippen LogP contribution >= 0.6 is 0 Å². The molecule has 7 nitrogen and oxygen atoms in total. The van der Waals surface area contributed by atoms with E-state index in [2.05, 4.69) is 0 Å². The van der Waals surface area contributed by atoms with Crippen molar-refractivity contribution in [1.29, 1.82) is 5.41 Å². The van der Waals surface area contributed by atoms with E-state index in [4.69, 9.17) is 15.9 Å². The Balaban J connectivity index is 1.43. The summed E-state index contributed by atoms with van der Waals surface area (Å²) in [6, 6.07) is 22.9. The third kappa shape index (κ3) is 5.87. The van der Waals surface area contributed by atoms with Crippen LogP contribution in [0.4, 0.5) is 0 Å². The van der Waals surface area contributed by atoms with E-state index in [9.17, 15) is 14.7 Å². The summed E-state index contributed by atoms with van der Waals surface area (Å²) in [5.41, 5.74) is 10.4. The minimum Gasteiger partial charge on any atom is -0.491 e. The molecule has 1 fully saturated rings.